The van der Waals surface area contributed by atoms with E-state index in [2.05, 4.69) is 20.3 Å². The molecule has 24 heavy (non-hydrogen) atoms. The van der Waals surface area contributed by atoms with E-state index in [4.69, 9.17) is 0 Å². The summed E-state index contributed by atoms with van der Waals surface area (Å²) in [6.45, 7) is 0. The molecule has 0 aliphatic carbocycles. The van der Waals surface area contributed by atoms with Crippen molar-refractivity contribution in [3.05, 3.63) is 58.8 Å². The number of anilines is 1. The van der Waals surface area contributed by atoms with E-state index in [0.717, 1.165) is 5.69 Å². The number of nitrogens with zero attached hydrogens (tertiary/aromatic N) is 4. The van der Waals surface area contributed by atoms with Crippen LogP contribution in [0.15, 0.2) is 52.2 Å². The highest BCUT2D eigenvalue weighted by Gasteiger charge is 2.09. The van der Waals surface area contributed by atoms with Crippen molar-refractivity contribution >= 4 is 28.8 Å². The number of amides is 1. The maximum atomic E-state index is 12.0. The summed E-state index contributed by atoms with van der Waals surface area (Å²) in [4.78, 5) is 14.3. The van der Waals surface area contributed by atoms with Crippen molar-refractivity contribution in [3.8, 4) is 0 Å². The third-order valence-electron chi connectivity index (χ3n) is 3.44. The van der Waals surface area contributed by atoms with Crippen LogP contribution >= 0.6 is 0 Å². The molecule has 2 aromatic carbocycles. The summed E-state index contributed by atoms with van der Waals surface area (Å²) >= 11 is 0. The first-order valence-electron chi connectivity index (χ1n) is 7.15. The normalized spacial score (nSPS) is 11.1. The van der Waals surface area contributed by atoms with Gasteiger partial charge in [-0.25, -0.2) is 5.43 Å². The van der Waals surface area contributed by atoms with Crippen molar-refractivity contribution in [2.75, 3.05) is 19.0 Å². The van der Waals surface area contributed by atoms with Crippen LogP contribution in [0.3, 0.4) is 0 Å². The van der Waals surface area contributed by atoms with Crippen LogP contribution in [-0.2, 0) is 0 Å². The average molecular weight is 325 g/mol. The number of rotatable bonds is 4. The number of fused-ring (bicyclic) bond motifs is 1. The molecule has 3 aromatic rings. The lowest BCUT2D eigenvalue weighted by Gasteiger charge is -2.12. The second kappa shape index (κ2) is 6.37. The van der Waals surface area contributed by atoms with Gasteiger partial charge in [-0.05, 0) is 46.9 Å². The van der Waals surface area contributed by atoms with Crippen LogP contribution in [0.25, 0.3) is 11.0 Å². The summed E-state index contributed by atoms with van der Waals surface area (Å²) in [6, 6.07) is 12.1. The monoisotopic (exact) mass is 325 g/mol. The van der Waals surface area contributed by atoms with Gasteiger partial charge in [0.1, 0.15) is 0 Å². The van der Waals surface area contributed by atoms with Gasteiger partial charge in [0.15, 0.2) is 0 Å². The van der Waals surface area contributed by atoms with E-state index in [1.807, 2.05) is 31.1 Å². The maximum Gasteiger partial charge on any atom is 0.271 e. The smallest absolute Gasteiger partial charge is 0.271 e. The Labute approximate surface area is 137 Å². The quantitative estimate of drug-likeness (QED) is 0.443. The SMILES string of the molecule is CN(C)c1ccc(C(=O)N/N=C/c2ccc3c(c2)no[n+]3[O-])cc1. The number of carbonyl (C=O) groups is 1. The first-order valence-corrected chi connectivity index (χ1v) is 7.15. The zero-order chi connectivity index (χ0) is 17.1. The number of aromatic nitrogens is 2. The predicted octanol–water partition coefficient (Wildman–Crippen LogP) is 1.29. The van der Waals surface area contributed by atoms with Gasteiger partial charge in [-0.1, -0.05) is 0 Å². The third kappa shape index (κ3) is 3.17. The van der Waals surface area contributed by atoms with Crippen LogP contribution in [0.5, 0.6) is 0 Å². The Hall–Kier alpha value is -3.42. The highest BCUT2D eigenvalue weighted by Crippen LogP contribution is 2.12. The molecule has 0 saturated carbocycles. The molecule has 0 bridgehead atoms. The Balaban J connectivity index is 1.67. The lowest BCUT2D eigenvalue weighted by Crippen LogP contribution is -2.22. The second-order valence-electron chi connectivity index (χ2n) is 5.32. The van der Waals surface area contributed by atoms with Crippen LogP contribution in [0.4, 0.5) is 5.69 Å². The van der Waals surface area contributed by atoms with Crippen LogP contribution < -0.4 is 15.2 Å². The van der Waals surface area contributed by atoms with Gasteiger partial charge in [-0.15, -0.1) is 0 Å². The Morgan fingerprint density at radius 3 is 2.75 bits per heavy atom. The van der Waals surface area contributed by atoms with Gasteiger partial charge in [0, 0.05) is 36.6 Å². The van der Waals surface area contributed by atoms with Crippen LogP contribution in [0.1, 0.15) is 15.9 Å². The molecule has 3 rings (SSSR count). The van der Waals surface area contributed by atoms with Crippen molar-refractivity contribution < 1.29 is 14.3 Å². The van der Waals surface area contributed by atoms with Gasteiger partial charge in [-0.2, -0.15) is 5.10 Å². The molecule has 0 saturated heterocycles. The Morgan fingerprint density at radius 2 is 2.04 bits per heavy atom. The molecule has 0 atom stereocenters. The number of hydrogen-bond donors (Lipinski definition) is 1. The van der Waals surface area contributed by atoms with Gasteiger partial charge in [-0.3, -0.25) is 9.42 Å². The van der Waals surface area contributed by atoms with Crippen molar-refractivity contribution in [2.45, 2.75) is 0 Å². The minimum atomic E-state index is -0.309. The molecular weight excluding hydrogens is 310 g/mol. The number of hydrogen-bond acceptors (Lipinski definition) is 6. The third-order valence-corrected chi connectivity index (χ3v) is 3.44. The highest BCUT2D eigenvalue weighted by atomic mass is 16.8. The summed E-state index contributed by atoms with van der Waals surface area (Å²) in [5, 5.41) is 18.7. The molecule has 8 nitrogen and oxygen atoms in total. The van der Waals surface area contributed by atoms with Gasteiger partial charge in [0.25, 0.3) is 5.91 Å². The first kappa shape index (κ1) is 15.5. The predicted molar refractivity (Wildman–Crippen MR) is 88.8 cm³/mol. The van der Waals surface area contributed by atoms with E-state index in [1.54, 1.807) is 30.3 Å². The topological polar surface area (TPSA) is 97.7 Å². The highest BCUT2D eigenvalue weighted by molar-refractivity contribution is 5.95. The Kier molecular flexibility index (Phi) is 4.11. The summed E-state index contributed by atoms with van der Waals surface area (Å²) in [5.41, 5.74) is 5.40. The number of benzene rings is 2. The molecule has 1 N–H and O–H groups in total. The second-order valence-corrected chi connectivity index (χ2v) is 5.32. The molecule has 1 aromatic heterocycles. The van der Waals surface area contributed by atoms with Gasteiger partial charge in [0.2, 0.25) is 11.0 Å². The Morgan fingerprint density at radius 1 is 1.29 bits per heavy atom. The number of carbonyl (C=O) groups excluding carboxylic acids is 1. The van der Waals surface area contributed by atoms with Crippen molar-refractivity contribution in [1.82, 2.24) is 10.6 Å². The Bertz CT molecular complexity index is 900. The molecule has 8 heteroatoms. The van der Waals surface area contributed by atoms with E-state index in [9.17, 15) is 10.0 Å². The van der Waals surface area contributed by atoms with Crippen LogP contribution in [0.2, 0.25) is 0 Å². The zero-order valence-electron chi connectivity index (χ0n) is 13.1. The first-order chi connectivity index (χ1) is 11.5. The number of hydrazone groups is 1. The average Bonchev–Trinajstić information content (AvgIpc) is 2.95. The fourth-order valence-corrected chi connectivity index (χ4v) is 2.11. The zero-order valence-corrected chi connectivity index (χ0v) is 13.1. The van der Waals surface area contributed by atoms with Crippen molar-refractivity contribution in [1.29, 1.82) is 0 Å². The van der Waals surface area contributed by atoms with E-state index < -0.39 is 0 Å². The van der Waals surface area contributed by atoms with E-state index in [-0.39, 0.29) is 5.91 Å². The standard InChI is InChI=1S/C16H15N5O3/c1-20(2)13-6-4-12(5-7-13)16(22)18-17-10-11-3-8-15-14(9-11)19-24-21(15)23/h3-10H,1-2H3,(H,18,22)/b17-10+. The summed E-state index contributed by atoms with van der Waals surface area (Å²) in [5.74, 6) is -0.309. The summed E-state index contributed by atoms with van der Waals surface area (Å²) in [6.07, 6.45) is 1.47. The molecule has 0 aliphatic heterocycles. The minimum absolute atomic E-state index is 0.309. The van der Waals surface area contributed by atoms with Crippen molar-refractivity contribution in [3.63, 3.8) is 0 Å². The lowest BCUT2D eigenvalue weighted by atomic mass is 10.2. The molecule has 122 valence electrons. The summed E-state index contributed by atoms with van der Waals surface area (Å²) < 4.78 is 4.49. The fourth-order valence-electron chi connectivity index (χ4n) is 2.11. The minimum Gasteiger partial charge on any atom is -0.378 e. The van der Waals surface area contributed by atoms with E-state index in [0.29, 0.717) is 27.1 Å². The van der Waals surface area contributed by atoms with E-state index in [1.165, 1.54) is 6.21 Å². The molecule has 0 aliphatic rings. The van der Waals surface area contributed by atoms with Crippen LogP contribution in [-0.4, -0.2) is 31.4 Å². The van der Waals surface area contributed by atoms with E-state index >= 15 is 0 Å². The molecular formula is C16H15N5O3. The maximum absolute atomic E-state index is 12.0. The molecule has 1 heterocycles. The lowest BCUT2D eigenvalue weighted by molar-refractivity contribution is -0.782. The molecule has 0 radical (unpaired) electrons. The molecule has 1 amide bonds. The van der Waals surface area contributed by atoms with Crippen molar-refractivity contribution in [2.24, 2.45) is 5.10 Å². The van der Waals surface area contributed by atoms with Crippen LogP contribution in [0, 0.1) is 5.21 Å². The molecule has 0 unspecified atom stereocenters. The molecule has 0 fully saturated rings. The van der Waals surface area contributed by atoms with Gasteiger partial charge < -0.3 is 10.1 Å². The fraction of sp³-hybridized carbons (Fsp3) is 0.125. The summed E-state index contributed by atoms with van der Waals surface area (Å²) in [7, 11) is 3.86. The van der Waals surface area contributed by atoms with Gasteiger partial charge >= 0.3 is 0 Å². The number of nitrogens with one attached hydrogen (secondary N) is 1. The van der Waals surface area contributed by atoms with Gasteiger partial charge in [0.05, 0.1) is 6.21 Å². The molecule has 0 spiro atoms. The largest absolute Gasteiger partial charge is 0.378 e.